The highest BCUT2D eigenvalue weighted by molar-refractivity contribution is 5.56. The van der Waals surface area contributed by atoms with Crippen LogP contribution in [-0.2, 0) is 4.79 Å². The maximum atomic E-state index is 9.83. The smallest absolute Gasteiger partial charge is 0.125 e. The molecule has 0 aromatic rings. The molecule has 0 saturated carbocycles. The zero-order chi connectivity index (χ0) is 9.49. The second-order valence-corrected chi connectivity index (χ2v) is 4.29. The minimum absolute atomic E-state index is 0.139. The van der Waals surface area contributed by atoms with Gasteiger partial charge in [-0.25, -0.2) is 0 Å². The van der Waals surface area contributed by atoms with Crippen molar-refractivity contribution in [3.05, 3.63) is 0 Å². The third-order valence-corrected chi connectivity index (χ3v) is 1.17. The zero-order valence-electron chi connectivity index (χ0n) is 8.77. The summed E-state index contributed by atoms with van der Waals surface area (Å²) in [6, 6.07) is 0. The summed E-state index contributed by atoms with van der Waals surface area (Å²) < 4.78 is 0. The van der Waals surface area contributed by atoms with E-state index in [1.165, 1.54) is 6.42 Å². The van der Waals surface area contributed by atoms with E-state index in [0.717, 1.165) is 12.2 Å². The Hall–Kier alpha value is -0.330. The average Bonchev–Trinajstić information content (AvgIpc) is 1.88. The van der Waals surface area contributed by atoms with Crippen LogP contribution in [0, 0.1) is 11.3 Å². The fourth-order valence-electron chi connectivity index (χ4n) is 0. The molecule has 11 heavy (non-hydrogen) atoms. The molecule has 1 heteroatoms. The fourth-order valence-corrected chi connectivity index (χ4v) is 0. The fraction of sp³-hybridized carbons (Fsp3) is 0.900. The molecule has 0 aromatic heterocycles. The molecule has 0 aliphatic carbocycles. The van der Waals surface area contributed by atoms with E-state index in [4.69, 9.17) is 0 Å². The summed E-state index contributed by atoms with van der Waals surface area (Å²) in [4.78, 5) is 9.83. The average molecular weight is 158 g/mol. The number of hydrogen-bond donors (Lipinski definition) is 0. The molecule has 0 radical (unpaired) electrons. The van der Waals surface area contributed by atoms with Gasteiger partial charge in [0.25, 0.3) is 0 Å². The van der Waals surface area contributed by atoms with Crippen LogP contribution in [-0.4, -0.2) is 6.29 Å². The second kappa shape index (κ2) is 6.38. The van der Waals surface area contributed by atoms with Crippen molar-refractivity contribution in [1.29, 1.82) is 0 Å². The van der Waals surface area contributed by atoms with Crippen molar-refractivity contribution in [3.8, 4) is 0 Å². The summed E-state index contributed by atoms with van der Waals surface area (Å²) in [5.74, 6) is 0.884. The molecule has 68 valence electrons. The summed E-state index contributed by atoms with van der Waals surface area (Å²) in [5, 5.41) is 0. The Kier molecular flexibility index (Phi) is 7.70. The summed E-state index contributed by atoms with van der Waals surface area (Å²) in [5.41, 5.74) is -0.139. The number of rotatable bonds is 1. The Morgan fingerprint density at radius 3 is 1.45 bits per heavy atom. The molecule has 0 bridgehead atoms. The van der Waals surface area contributed by atoms with E-state index in [0.29, 0.717) is 0 Å². The van der Waals surface area contributed by atoms with E-state index in [2.05, 4.69) is 20.8 Å². The minimum Gasteiger partial charge on any atom is -0.303 e. The van der Waals surface area contributed by atoms with Gasteiger partial charge in [0.1, 0.15) is 6.29 Å². The molecule has 0 fully saturated rings. The quantitative estimate of drug-likeness (QED) is 0.535. The molecule has 0 N–H and O–H groups in total. The lowest BCUT2D eigenvalue weighted by Gasteiger charge is -2.03. The molecular formula is C10H22O. The van der Waals surface area contributed by atoms with Gasteiger partial charge in [-0.1, -0.05) is 48.0 Å². The Bertz CT molecular complexity index is 87.5. The van der Waals surface area contributed by atoms with Gasteiger partial charge in [0.05, 0.1) is 0 Å². The van der Waals surface area contributed by atoms with Crippen LogP contribution in [0.3, 0.4) is 0 Å². The van der Waals surface area contributed by atoms with E-state index >= 15 is 0 Å². The maximum absolute atomic E-state index is 9.83. The summed E-state index contributed by atoms with van der Waals surface area (Å²) in [6.07, 6.45) is 2.24. The predicted molar refractivity (Wildman–Crippen MR) is 50.6 cm³/mol. The molecule has 0 spiro atoms. The lowest BCUT2D eigenvalue weighted by molar-refractivity contribution is -0.113. The van der Waals surface area contributed by atoms with E-state index < -0.39 is 0 Å². The highest BCUT2D eigenvalue weighted by Crippen LogP contribution is 2.05. The predicted octanol–water partition coefficient (Wildman–Crippen LogP) is 3.28. The molecule has 0 aliphatic heterocycles. The van der Waals surface area contributed by atoms with Crippen LogP contribution in [0.25, 0.3) is 0 Å². The molecule has 0 aromatic carbocycles. The van der Waals surface area contributed by atoms with E-state index in [1.807, 2.05) is 20.8 Å². The highest BCUT2D eigenvalue weighted by Gasteiger charge is 2.04. The van der Waals surface area contributed by atoms with Crippen LogP contribution >= 0.6 is 0 Å². The molecule has 0 amide bonds. The number of carbonyl (C=O) groups excluding carboxylic acids is 1. The van der Waals surface area contributed by atoms with Crippen LogP contribution in [0.15, 0.2) is 0 Å². The van der Waals surface area contributed by atoms with Crippen LogP contribution in [0.1, 0.15) is 48.0 Å². The molecule has 1 nitrogen and oxygen atoms in total. The molecule has 0 aliphatic rings. The summed E-state index contributed by atoms with van der Waals surface area (Å²) in [7, 11) is 0. The lowest BCUT2D eigenvalue weighted by Crippen LogP contribution is -2.04. The van der Waals surface area contributed by atoms with Gasteiger partial charge < -0.3 is 4.79 Å². The first-order valence-corrected chi connectivity index (χ1v) is 4.29. The molecule has 0 rings (SSSR count). The largest absolute Gasteiger partial charge is 0.303 e. The van der Waals surface area contributed by atoms with Crippen molar-refractivity contribution in [1.82, 2.24) is 0 Å². The van der Waals surface area contributed by atoms with Crippen LogP contribution in [0.5, 0.6) is 0 Å². The van der Waals surface area contributed by atoms with Gasteiger partial charge in [-0.3, -0.25) is 0 Å². The van der Waals surface area contributed by atoms with Crippen molar-refractivity contribution >= 4 is 6.29 Å². The molecule has 0 atom stereocenters. The first kappa shape index (κ1) is 13.3. The van der Waals surface area contributed by atoms with Crippen LogP contribution < -0.4 is 0 Å². The first-order valence-electron chi connectivity index (χ1n) is 4.29. The van der Waals surface area contributed by atoms with Gasteiger partial charge in [0, 0.05) is 5.41 Å². The maximum Gasteiger partial charge on any atom is 0.125 e. The van der Waals surface area contributed by atoms with E-state index in [1.54, 1.807) is 0 Å². The van der Waals surface area contributed by atoms with Gasteiger partial charge in [0.15, 0.2) is 0 Å². The van der Waals surface area contributed by atoms with Gasteiger partial charge in [-0.15, -0.1) is 0 Å². The number of aldehydes is 1. The summed E-state index contributed by atoms with van der Waals surface area (Å²) >= 11 is 0. The Morgan fingerprint density at radius 1 is 1.27 bits per heavy atom. The van der Waals surface area contributed by atoms with Crippen molar-refractivity contribution in [3.63, 3.8) is 0 Å². The van der Waals surface area contributed by atoms with E-state index in [-0.39, 0.29) is 5.41 Å². The number of hydrogen-bond acceptors (Lipinski definition) is 1. The molecule has 0 heterocycles. The van der Waals surface area contributed by atoms with Gasteiger partial charge >= 0.3 is 0 Å². The monoisotopic (exact) mass is 158 g/mol. The van der Waals surface area contributed by atoms with Crippen LogP contribution in [0.4, 0.5) is 0 Å². The van der Waals surface area contributed by atoms with Gasteiger partial charge in [0.2, 0.25) is 0 Å². The van der Waals surface area contributed by atoms with Crippen LogP contribution in [0.2, 0.25) is 0 Å². The first-order chi connectivity index (χ1) is 4.83. The van der Waals surface area contributed by atoms with Gasteiger partial charge in [-0.2, -0.15) is 0 Å². The molecule has 0 saturated heterocycles. The SMILES string of the molecule is CC(C)(C)C=O.CCC(C)C. The Morgan fingerprint density at radius 2 is 1.45 bits per heavy atom. The Labute approximate surface area is 71.2 Å². The van der Waals surface area contributed by atoms with Crippen molar-refractivity contribution in [2.45, 2.75) is 48.0 Å². The normalized spacial score (nSPS) is 10.5. The van der Waals surface area contributed by atoms with Gasteiger partial charge in [-0.05, 0) is 5.92 Å². The third-order valence-electron chi connectivity index (χ3n) is 1.17. The van der Waals surface area contributed by atoms with Crippen molar-refractivity contribution < 1.29 is 4.79 Å². The second-order valence-electron chi connectivity index (χ2n) is 4.29. The van der Waals surface area contributed by atoms with Crippen molar-refractivity contribution in [2.24, 2.45) is 11.3 Å². The molecule has 0 unspecified atom stereocenters. The number of carbonyl (C=O) groups is 1. The standard InChI is InChI=1S/C5H10O.C5H12/c1-5(2,3)4-6;1-4-5(2)3/h4H,1-3H3;5H,4H2,1-3H3. The third kappa shape index (κ3) is 26.1. The zero-order valence-corrected chi connectivity index (χ0v) is 8.77. The Balaban J connectivity index is 0. The molecular weight excluding hydrogens is 136 g/mol. The topological polar surface area (TPSA) is 17.1 Å². The van der Waals surface area contributed by atoms with E-state index in [9.17, 15) is 4.79 Å². The summed E-state index contributed by atoms with van der Waals surface area (Å²) in [6.45, 7) is 12.3. The van der Waals surface area contributed by atoms with Crippen molar-refractivity contribution in [2.75, 3.05) is 0 Å². The minimum atomic E-state index is -0.139. The highest BCUT2D eigenvalue weighted by atomic mass is 16.1. The lowest BCUT2D eigenvalue weighted by atomic mass is 10.0.